The number of aromatic hydroxyl groups is 1. The van der Waals surface area contributed by atoms with Gasteiger partial charge in [0.2, 0.25) is 81.4 Å². The van der Waals surface area contributed by atoms with Crippen molar-refractivity contribution in [2.75, 3.05) is 39.6 Å². The van der Waals surface area contributed by atoms with Gasteiger partial charge in [0, 0.05) is 184 Å². The van der Waals surface area contributed by atoms with Gasteiger partial charge < -0.3 is 87.5 Å². The van der Waals surface area contributed by atoms with Crippen molar-refractivity contribution in [2.24, 2.45) is 22.3 Å². The number of pyridine rings is 7. The first-order chi connectivity index (χ1) is 123. The Hall–Kier alpha value is -13.2. The van der Waals surface area contributed by atoms with Crippen LogP contribution in [0.25, 0.3) is 24.2 Å². The summed E-state index contributed by atoms with van der Waals surface area (Å²) < 4.78 is 609. The summed E-state index contributed by atoms with van der Waals surface area (Å²) in [5.74, 6) is 2.81. The van der Waals surface area contributed by atoms with E-state index < -0.39 is 37.3 Å². The van der Waals surface area contributed by atoms with Crippen LogP contribution in [0.4, 0.5) is 28.4 Å². The number of phenolic OH excluding ortho intramolecular Hbond substituents is 1. The summed E-state index contributed by atoms with van der Waals surface area (Å²) in [4.78, 5) is 98.6. The third kappa shape index (κ3) is 34.7. The second-order valence-corrected chi connectivity index (χ2v) is 38.3. The highest BCUT2D eigenvalue weighted by atomic mass is 79.9. The number of nitrogens with zero attached hydrogens (tertiary/aromatic N) is 12. The number of ether oxygens (including phenoxy) is 9. The zero-order valence-electron chi connectivity index (χ0n) is 190. The van der Waals surface area contributed by atoms with Crippen LogP contribution in [0.3, 0.4) is 0 Å². The lowest BCUT2D eigenvalue weighted by Gasteiger charge is -2.35. The molecule has 4 aliphatic heterocycles. The molecule has 2 amide bonds. The lowest BCUT2D eigenvalue weighted by atomic mass is 9.22. The van der Waals surface area contributed by atoms with Gasteiger partial charge in [0.1, 0.15) is 60.6 Å². The first-order valence-corrected chi connectivity index (χ1v) is 49.0. The van der Waals surface area contributed by atoms with E-state index >= 15 is 0 Å². The fourth-order valence-electron chi connectivity index (χ4n) is 13.4. The molecule has 4 aliphatic rings. The molecule has 0 saturated carbocycles. The fraction of sp³-hybridized carbons (Fsp3) is 0.324. The number of aldehydes is 3. The van der Waals surface area contributed by atoms with Gasteiger partial charge in [0.25, 0.3) is 11.8 Å². The molecule has 4 aromatic carbocycles. The van der Waals surface area contributed by atoms with E-state index in [1.807, 2.05) is 62.3 Å². The van der Waals surface area contributed by atoms with Crippen LogP contribution in [0.2, 0.25) is 38.4 Å². The lowest BCUT2D eigenvalue weighted by Crippen LogP contribution is -2.41. The van der Waals surface area contributed by atoms with Crippen molar-refractivity contribution in [2.45, 2.75) is 166 Å². The van der Waals surface area contributed by atoms with Crippen molar-refractivity contribution in [1.29, 1.82) is 0 Å². The van der Waals surface area contributed by atoms with Crippen LogP contribution in [-0.4, -0.2) is 166 Å². The van der Waals surface area contributed by atoms with Crippen LogP contribution < -0.4 is 65.0 Å². The van der Waals surface area contributed by atoms with E-state index in [1.54, 1.807) is 128 Å². The molecule has 3 fully saturated rings. The minimum atomic E-state index is -0.871. The summed E-state index contributed by atoms with van der Waals surface area (Å²) >= 11 is 34.3. The van der Waals surface area contributed by atoms with Crippen LogP contribution in [0.5, 0.6) is 75.9 Å². The molecule has 148 heavy (non-hydrogen) atoms. The molecule has 15 rings (SSSR count). The first kappa shape index (κ1) is 64.2. The molecular formula is C102H215B4Br2Cl5N14O21. The number of halogens is 7. The SMILES string of the molecule is CC1(C)CB(B2OC(C)(C)C(C)(C)O2)CC1(C)C.CCOc1nc(Cl)ccc1C(N)=O.NC(=O)c1ccc(Cl)nc1Cl.O=Cc1cc(O)ccc1Br.[2HH].[2H][2H].[2H][2H].[2H][2H].[2H][2H].[2H][2H].[2H][2H].[2H][2H].[2H][2H].[2H][2H].[2H][2H].[2H][2H].[2H][2H].[2H][2H].[2H][2H].[2H][2H].[2H][2H].[2H][2H].[2H][2H].[2H][2H].[2H][2H].[2H][2H].[2H][2H].[2H][2H].[2H][2H].[2H][2H].[2H][2H].[2H][2H].[2H][2H].[2H][2H].[2H][2H].[2H][2H].[2H][2H].[2H][2H].[2H][2H].[2H][2H].[2H][2H].[2H][2H].[2H][2H].[2H][2H].[2H][2H].[2H][2H].[2H][2H].[2H][2H].[2H][2H].[2H][2H].[2H][2H].[2H][2H].[2H][2H].[2H][2H].[2H][2H].[2H][2H].[2H][2H].[2H][2H].[C-]#[N+]c1ccc(Cl)nc1OCC.[C-]#[N+]c1ccc(Cl)nc1OCC.[C-]#[N+]c1ccc(Oc2ccc(B3OC(C)(C)C(C)(C)O3)c(C=O)c2)nc1OCC.[C-]#[N+]c1ccc(Oc2ccc(Br)c(C=O)c2)nc1OCC.[C-]#[N+]c1ccc(Oc2ccc3c(c2)COB3O)nc1OCC. The Morgan fingerprint density at radius 2 is 0.736 bits per heavy atom. The summed E-state index contributed by atoms with van der Waals surface area (Å²) in [5, 5.41) is 19.7. The normalized spacial score (nSPS) is 17.0. The number of primary amides is 2. The molecule has 0 bridgehead atoms. The number of phenols is 1. The number of nitrogens with two attached hydrogens (primary N) is 2. The second-order valence-electron chi connectivity index (χ2n) is 34.7. The Morgan fingerprint density at radius 3 is 1.11 bits per heavy atom. The molecule has 35 nitrogen and oxygen atoms in total. The van der Waals surface area contributed by atoms with Crippen molar-refractivity contribution in [3.63, 3.8) is 0 Å². The largest absolute Gasteiger partial charge is 0.508 e. The zero-order chi connectivity index (χ0) is 216. The molecule has 46 heteroatoms. The van der Waals surface area contributed by atoms with E-state index in [0.29, 0.717) is 181 Å². The minimum Gasteiger partial charge on any atom is -0.508 e. The number of rotatable bonds is 25. The monoisotopic (exact) mass is 2460 g/mol. The van der Waals surface area contributed by atoms with E-state index in [9.17, 15) is 29.0 Å². The van der Waals surface area contributed by atoms with Crippen LogP contribution in [-0.2, 0) is 29.9 Å². The summed E-state index contributed by atoms with van der Waals surface area (Å²) in [7, 11) is -1.55. The van der Waals surface area contributed by atoms with Crippen molar-refractivity contribution < 1.29 is 259 Å². The number of amides is 2. The van der Waals surface area contributed by atoms with Gasteiger partial charge in [0.05, 0.1) is 107 Å². The number of hydrogen-bond donors (Lipinski definition) is 4. The topological polar surface area (TPSA) is 419 Å². The predicted molar refractivity (Wildman–Crippen MR) is 691 cm³/mol. The quantitative estimate of drug-likeness (QED) is 0.0179. The molecule has 6 N–H and O–H groups in total. The molecule has 11 heterocycles. The van der Waals surface area contributed by atoms with Gasteiger partial charge in [-0.1, -0.05) is 142 Å². The maximum Gasteiger partial charge on any atom is 0.495 e. The fourth-order valence-corrected chi connectivity index (χ4v) is 14.9. The van der Waals surface area contributed by atoms with Crippen LogP contribution in [0.1, 0.15) is 341 Å². The van der Waals surface area contributed by atoms with Crippen molar-refractivity contribution in [3.05, 3.63) is 283 Å². The van der Waals surface area contributed by atoms with Gasteiger partial charge in [-0.05, 0) is 270 Å². The van der Waals surface area contributed by atoms with Crippen LogP contribution in [0, 0.1) is 43.7 Å². The van der Waals surface area contributed by atoms with Gasteiger partial charge >= 0.3 is 21.2 Å². The third-order valence-corrected chi connectivity index (χ3v) is 25.5. The Kier molecular flexibility index (Phi) is 24.6. The number of hydrogen-bond acceptors (Lipinski definition) is 28. The highest BCUT2D eigenvalue weighted by molar-refractivity contribution is 9.10. The second kappa shape index (κ2) is 56.8. The predicted octanol–water partition coefficient (Wildman–Crippen LogP) is 37.4. The Balaban J connectivity index is -0.0000000388. The molecule has 11 aromatic rings. The van der Waals surface area contributed by atoms with Crippen LogP contribution >= 0.6 is 89.9 Å². The molecule has 0 spiro atoms. The van der Waals surface area contributed by atoms with Gasteiger partial charge in [0.15, 0.2) is 19.2 Å². The summed E-state index contributed by atoms with van der Waals surface area (Å²) in [6.07, 6.45) is 4.55. The van der Waals surface area contributed by atoms with Gasteiger partial charge in [-0.2, -0.15) is 15.0 Å². The molecule has 0 aliphatic carbocycles. The number of benzene rings is 4. The molecule has 0 radical (unpaired) electrons. The Morgan fingerprint density at radius 1 is 0.419 bits per heavy atom. The first-order valence-electron chi connectivity index (χ1n) is 98.6. The molecular weight excluding hydrogens is 2140 g/mol. The smallest absolute Gasteiger partial charge is 0.495 e. The standard InChI is InChI=1S/C21H23BN2O5.C15H13BN2O4.C15H11BrN2O3.C14H28B2O2.C8H9ClN2O2.2C8H7ClN2O.C7H5BrO2.C6H4Cl2N2O.54H2/c1-7-26-19-17(23-6)10-11-18(24-19)27-15-8-9-16(14(12-15)13-25)22-28-20(2,3)21(4,5)29-22;1-3-20-15-13(17-2)6-7-14(18-15)22-11-4-5-12-10(8-11)9-21-16(12)19;1-3-20-15-13(17-2)6-7-14(18-15)21-11-4-5-12(16)10(8-11)9-19;1-11(2)9-15(10-12(11,3)4)16-17-13(5,6)14(7,8)18-16;1-2-13-8-5(7(10)12)3-4-6(9)11-8;2*1-3-12-8-6(10-2)4-5-7(9)11-8;8-7-2-1-6(10)3-5(7)4-9;7-4-2-1-3(6(9)11)5(8)10-4;;;;;;;;;;;;;;;;;;;;;;;;;;;;;;;;;;;;;;;;;;;;;;;;;;;;;;/h8-13H,7H2,1-5H3;4-8,19H,3,9H2,1H3;4-9H,3H2,1H3;9-10H2,1-8H3;3-4H,2H2,1H3,(H2,10,12);2*4-5H,3H2,1H3;1-4,10H;1-2H,(H2,9,11);54*1H/i;;;;;;;;;53*1+1D;1+1. The third-order valence-electron chi connectivity index (χ3n) is 22.9. The van der Waals surface area contributed by atoms with Gasteiger partial charge in [-0.15, -0.1) is 0 Å². The number of fused-ring (bicyclic) bond motifs is 1. The summed E-state index contributed by atoms with van der Waals surface area (Å²) in [6.45, 7) is 75.1. The van der Waals surface area contributed by atoms with Crippen molar-refractivity contribution >= 4 is 188 Å². The number of aromatic nitrogens is 7. The van der Waals surface area contributed by atoms with E-state index in [2.05, 4.69) is 146 Å². The highest BCUT2D eigenvalue weighted by Gasteiger charge is 2.60. The lowest BCUT2D eigenvalue weighted by molar-refractivity contribution is 0.00578. The van der Waals surface area contributed by atoms with E-state index in [-0.39, 0.29) is 81.4 Å². The molecule has 3 saturated heterocycles. The molecule has 880 valence electrons. The average molecular weight is 2460 g/mol. The molecule has 0 unspecified atom stereocenters. The Bertz CT molecular complexity index is 6840. The van der Waals surface area contributed by atoms with Gasteiger partial charge in [-0.25, -0.2) is 44.2 Å². The van der Waals surface area contributed by atoms with Crippen molar-refractivity contribution in [1.82, 2.24) is 34.9 Å². The van der Waals surface area contributed by atoms with E-state index in [0.717, 1.165) is 23.6 Å². The zero-order valence-corrected chi connectivity index (χ0v) is 91.2. The number of carbonyl (C=O) groups is 5. The molecule has 7 aromatic heterocycles. The maximum atomic E-state index is 11.7. The minimum absolute atomic E-state index is 0. The molecule has 0 atom stereocenters. The highest BCUT2D eigenvalue weighted by Crippen LogP contribution is 2.55. The van der Waals surface area contributed by atoms with Crippen LogP contribution in [0.15, 0.2) is 167 Å². The number of carbonyl (C=O) groups excluding carboxylic acids is 5. The van der Waals surface area contributed by atoms with E-state index in [4.69, 9.17) is 331 Å². The average Bonchev–Trinajstić information content (AvgIpc) is 1.59. The van der Waals surface area contributed by atoms with Crippen molar-refractivity contribution in [3.8, 4) is 75.9 Å². The van der Waals surface area contributed by atoms with E-state index in [1.165, 1.54) is 49.0 Å². The summed E-state index contributed by atoms with van der Waals surface area (Å²) in [5.41, 5.74) is 15.2. The Labute approximate surface area is 1070 Å². The summed E-state index contributed by atoms with van der Waals surface area (Å²) in [6, 6.07) is 41.7. The van der Waals surface area contributed by atoms with Gasteiger partial charge in [-0.3, -0.25) is 24.0 Å². The maximum absolute atomic E-state index is 11.7.